The molecule has 22 heavy (non-hydrogen) atoms. The van der Waals surface area contributed by atoms with Gasteiger partial charge in [0, 0.05) is 17.7 Å². The minimum absolute atomic E-state index is 0.0742. The van der Waals surface area contributed by atoms with Gasteiger partial charge in [-0.15, -0.1) is 0 Å². The third kappa shape index (κ3) is 3.21. The van der Waals surface area contributed by atoms with Crippen molar-refractivity contribution in [3.8, 4) is 11.4 Å². The summed E-state index contributed by atoms with van der Waals surface area (Å²) in [5, 5.41) is 12.5. The lowest BCUT2D eigenvalue weighted by Crippen LogP contribution is -2.17. The second-order valence-corrected chi connectivity index (χ2v) is 5.40. The first kappa shape index (κ1) is 14.4. The number of rotatable bonds is 4. The molecule has 0 saturated heterocycles. The van der Waals surface area contributed by atoms with E-state index in [0.29, 0.717) is 17.4 Å². The molecule has 1 aromatic carbocycles. The summed E-state index contributed by atoms with van der Waals surface area (Å²) in [4.78, 5) is 19.7. The summed E-state index contributed by atoms with van der Waals surface area (Å²) in [6.07, 6.45) is 4.44. The van der Waals surface area contributed by atoms with Crippen molar-refractivity contribution in [1.29, 1.82) is 0 Å². The molecule has 1 aromatic heterocycles. The highest BCUT2D eigenvalue weighted by atomic mass is 19.1. The third-order valence-electron chi connectivity index (χ3n) is 3.75. The van der Waals surface area contributed by atoms with Gasteiger partial charge in [-0.25, -0.2) is 19.2 Å². The number of halogens is 1. The second-order valence-electron chi connectivity index (χ2n) is 5.40. The molecule has 1 aliphatic carbocycles. The van der Waals surface area contributed by atoms with Crippen molar-refractivity contribution < 1.29 is 14.3 Å². The highest BCUT2D eigenvalue weighted by molar-refractivity contribution is 5.87. The normalized spacial score (nSPS) is 15.0. The zero-order valence-electron chi connectivity index (χ0n) is 11.9. The summed E-state index contributed by atoms with van der Waals surface area (Å²) >= 11 is 0. The van der Waals surface area contributed by atoms with E-state index in [1.165, 1.54) is 43.2 Å². The summed E-state index contributed by atoms with van der Waals surface area (Å²) in [5.41, 5.74) is 0.508. The fourth-order valence-electron chi connectivity index (χ4n) is 2.64. The van der Waals surface area contributed by atoms with E-state index in [2.05, 4.69) is 15.3 Å². The maximum absolute atomic E-state index is 13.0. The van der Waals surface area contributed by atoms with Gasteiger partial charge < -0.3 is 10.4 Å². The smallest absolute Gasteiger partial charge is 0.354 e. The Bertz CT molecular complexity index is 682. The number of carbonyl (C=O) groups is 1. The van der Waals surface area contributed by atoms with E-state index in [9.17, 15) is 14.3 Å². The highest BCUT2D eigenvalue weighted by Gasteiger charge is 2.17. The van der Waals surface area contributed by atoms with Crippen molar-refractivity contribution in [3.63, 3.8) is 0 Å². The largest absolute Gasteiger partial charge is 0.477 e. The SMILES string of the molecule is O=C(O)c1cc(NC2CCCC2)nc(-c2ccc(F)cc2)n1. The fraction of sp³-hybridized carbons (Fsp3) is 0.312. The maximum Gasteiger partial charge on any atom is 0.354 e. The standard InChI is InChI=1S/C16H16FN3O2/c17-11-7-5-10(6-8-11)15-19-13(16(21)22)9-14(20-15)18-12-3-1-2-4-12/h5-9,12H,1-4H2,(H,21,22)(H,18,19,20). The van der Waals surface area contributed by atoms with E-state index in [4.69, 9.17) is 0 Å². The van der Waals surface area contributed by atoms with Crippen molar-refractivity contribution >= 4 is 11.8 Å². The monoisotopic (exact) mass is 301 g/mol. The minimum atomic E-state index is -1.11. The molecule has 0 radical (unpaired) electrons. The van der Waals surface area contributed by atoms with Gasteiger partial charge in [0.2, 0.25) is 0 Å². The van der Waals surface area contributed by atoms with E-state index >= 15 is 0 Å². The molecule has 0 spiro atoms. The van der Waals surface area contributed by atoms with Crippen LogP contribution in [0.15, 0.2) is 30.3 Å². The van der Waals surface area contributed by atoms with Crippen molar-refractivity contribution in [2.45, 2.75) is 31.7 Å². The number of aromatic nitrogens is 2. The van der Waals surface area contributed by atoms with Gasteiger partial charge in [-0.05, 0) is 37.1 Å². The Morgan fingerprint density at radius 2 is 1.86 bits per heavy atom. The maximum atomic E-state index is 13.0. The van der Waals surface area contributed by atoms with Gasteiger partial charge in [-0.1, -0.05) is 12.8 Å². The molecule has 0 amide bonds. The first-order valence-electron chi connectivity index (χ1n) is 7.27. The average Bonchev–Trinajstić information content (AvgIpc) is 3.00. The highest BCUT2D eigenvalue weighted by Crippen LogP contribution is 2.23. The molecule has 114 valence electrons. The molecule has 2 N–H and O–H groups in total. The van der Waals surface area contributed by atoms with Gasteiger partial charge in [0.05, 0.1) is 0 Å². The molecule has 0 atom stereocenters. The van der Waals surface area contributed by atoms with Crippen molar-refractivity contribution in [2.75, 3.05) is 5.32 Å². The van der Waals surface area contributed by atoms with Crippen LogP contribution in [0.5, 0.6) is 0 Å². The van der Waals surface area contributed by atoms with Crippen LogP contribution in [0.3, 0.4) is 0 Å². The molecule has 1 saturated carbocycles. The minimum Gasteiger partial charge on any atom is -0.477 e. The average molecular weight is 301 g/mol. The van der Waals surface area contributed by atoms with Crippen LogP contribution in [0.4, 0.5) is 10.2 Å². The van der Waals surface area contributed by atoms with Gasteiger partial charge in [0.15, 0.2) is 11.5 Å². The van der Waals surface area contributed by atoms with Gasteiger partial charge in [0.1, 0.15) is 11.6 Å². The van der Waals surface area contributed by atoms with Gasteiger partial charge in [-0.2, -0.15) is 0 Å². The third-order valence-corrected chi connectivity index (χ3v) is 3.75. The molecule has 0 unspecified atom stereocenters. The van der Waals surface area contributed by atoms with Crippen molar-refractivity contribution in [1.82, 2.24) is 9.97 Å². The van der Waals surface area contributed by atoms with E-state index in [-0.39, 0.29) is 17.3 Å². The van der Waals surface area contributed by atoms with Crippen LogP contribution in [-0.4, -0.2) is 27.1 Å². The Kier molecular flexibility index (Phi) is 4.00. The number of anilines is 1. The van der Waals surface area contributed by atoms with Crippen LogP contribution in [0.25, 0.3) is 11.4 Å². The van der Waals surface area contributed by atoms with E-state index in [1.807, 2.05) is 0 Å². The van der Waals surface area contributed by atoms with Crippen LogP contribution >= 0.6 is 0 Å². The van der Waals surface area contributed by atoms with Crippen LogP contribution in [0.2, 0.25) is 0 Å². The summed E-state index contributed by atoms with van der Waals surface area (Å²) < 4.78 is 13.0. The first-order valence-corrected chi connectivity index (χ1v) is 7.27. The number of hydrogen-bond donors (Lipinski definition) is 2. The predicted octanol–water partition coefficient (Wildman–Crippen LogP) is 3.34. The molecule has 1 fully saturated rings. The van der Waals surface area contributed by atoms with Crippen LogP contribution in [0, 0.1) is 5.82 Å². The van der Waals surface area contributed by atoms with E-state index in [1.54, 1.807) is 0 Å². The van der Waals surface area contributed by atoms with Crippen LogP contribution in [0.1, 0.15) is 36.2 Å². The Hall–Kier alpha value is -2.50. The zero-order valence-corrected chi connectivity index (χ0v) is 11.9. The Labute approximate surface area is 127 Å². The fourth-order valence-corrected chi connectivity index (χ4v) is 2.64. The lowest BCUT2D eigenvalue weighted by molar-refractivity contribution is 0.0690. The number of carboxylic acid groups (broad SMARTS) is 1. The molecule has 5 nitrogen and oxygen atoms in total. The first-order chi connectivity index (χ1) is 10.6. The number of aromatic carboxylic acids is 1. The number of nitrogens with zero attached hydrogens (tertiary/aromatic N) is 2. The molecule has 0 aliphatic heterocycles. The molecule has 3 rings (SSSR count). The number of benzene rings is 1. The molecule has 6 heteroatoms. The lowest BCUT2D eigenvalue weighted by atomic mass is 10.2. The molecular formula is C16H16FN3O2. The zero-order chi connectivity index (χ0) is 15.5. The molecule has 2 aromatic rings. The lowest BCUT2D eigenvalue weighted by Gasteiger charge is -2.14. The number of carboxylic acids is 1. The van der Waals surface area contributed by atoms with Crippen LogP contribution < -0.4 is 5.32 Å². The molecular weight excluding hydrogens is 285 g/mol. The van der Waals surface area contributed by atoms with Crippen LogP contribution in [-0.2, 0) is 0 Å². The van der Waals surface area contributed by atoms with E-state index in [0.717, 1.165) is 12.8 Å². The Morgan fingerprint density at radius 3 is 2.50 bits per heavy atom. The van der Waals surface area contributed by atoms with Crippen molar-refractivity contribution in [3.05, 3.63) is 41.8 Å². The second kappa shape index (κ2) is 6.09. The molecule has 0 bridgehead atoms. The summed E-state index contributed by atoms with van der Waals surface area (Å²) in [5.74, 6) is -0.693. The number of hydrogen-bond acceptors (Lipinski definition) is 4. The molecule has 1 heterocycles. The molecule has 1 aliphatic rings. The van der Waals surface area contributed by atoms with Gasteiger partial charge in [0.25, 0.3) is 0 Å². The van der Waals surface area contributed by atoms with Gasteiger partial charge in [-0.3, -0.25) is 0 Å². The Balaban J connectivity index is 1.95. The van der Waals surface area contributed by atoms with Crippen molar-refractivity contribution in [2.24, 2.45) is 0 Å². The predicted molar refractivity (Wildman–Crippen MR) is 80.3 cm³/mol. The quantitative estimate of drug-likeness (QED) is 0.906. The topological polar surface area (TPSA) is 75.1 Å². The number of nitrogens with one attached hydrogen (secondary N) is 1. The summed E-state index contributed by atoms with van der Waals surface area (Å²) in [6, 6.07) is 7.43. The Morgan fingerprint density at radius 1 is 1.18 bits per heavy atom. The summed E-state index contributed by atoms with van der Waals surface area (Å²) in [6.45, 7) is 0. The summed E-state index contributed by atoms with van der Waals surface area (Å²) in [7, 11) is 0. The van der Waals surface area contributed by atoms with Gasteiger partial charge >= 0.3 is 5.97 Å². The van der Waals surface area contributed by atoms with E-state index < -0.39 is 5.97 Å².